The molecule has 0 fully saturated rings. The normalized spacial score (nSPS) is 16.0. The minimum absolute atomic E-state index is 0.0161. The van der Waals surface area contributed by atoms with Gasteiger partial charge in [-0.25, -0.2) is 0 Å². The first-order chi connectivity index (χ1) is 6.77. The summed E-state index contributed by atoms with van der Waals surface area (Å²) in [6.07, 6.45) is 1.62. The van der Waals surface area contributed by atoms with Crippen LogP contribution in [-0.4, -0.2) is 6.10 Å². The summed E-state index contributed by atoms with van der Waals surface area (Å²) in [5, 5.41) is 0. The molecule has 0 unspecified atom stereocenters. The van der Waals surface area contributed by atoms with E-state index in [0.29, 0.717) is 0 Å². The summed E-state index contributed by atoms with van der Waals surface area (Å²) in [7, 11) is 0. The number of benzene rings is 1. The highest BCUT2D eigenvalue weighted by molar-refractivity contribution is 5.21. The molecule has 13 heavy (non-hydrogen) atoms. The van der Waals surface area contributed by atoms with Gasteiger partial charge in [0.1, 0.15) is 5.75 Å². The smallest absolute Gasteiger partial charge is 0.119 e. The van der Waals surface area contributed by atoms with Crippen LogP contribution >= 0.6 is 0 Å². The van der Waals surface area contributed by atoms with Crippen LogP contribution in [0.5, 0.6) is 5.75 Å². The molecule has 0 N–H and O–H groups in total. The number of para-hydroxylation sites is 1. The minimum Gasteiger partial charge on any atom is -0.490 e. The van der Waals surface area contributed by atoms with E-state index in [1.165, 1.54) is 0 Å². The Morgan fingerprint density at radius 3 is 2.54 bits per heavy atom. The van der Waals surface area contributed by atoms with Crippen molar-refractivity contribution in [1.29, 1.82) is 0 Å². The van der Waals surface area contributed by atoms with E-state index in [1.807, 2.05) is 37.3 Å². The minimum atomic E-state index is -0.125. The van der Waals surface area contributed by atoms with Gasteiger partial charge in [0, 0.05) is 1.37 Å². The molecule has 0 bridgehead atoms. The highest BCUT2D eigenvalue weighted by atomic mass is 16.5. The Hall–Kier alpha value is -0.980. The van der Waals surface area contributed by atoms with Gasteiger partial charge in [-0.1, -0.05) is 38.5 Å². The first-order valence-electron chi connectivity index (χ1n) is 5.49. The Morgan fingerprint density at radius 2 is 2.00 bits per heavy atom. The third-order valence-corrected chi connectivity index (χ3v) is 1.93. The molecular formula is C12H18O. The first-order valence-corrected chi connectivity index (χ1v) is 4.91. The molecule has 2 atom stereocenters. The van der Waals surface area contributed by atoms with E-state index in [9.17, 15) is 0 Å². The molecule has 0 aliphatic rings. The van der Waals surface area contributed by atoms with Gasteiger partial charge >= 0.3 is 0 Å². The molecule has 1 heteroatoms. The van der Waals surface area contributed by atoms with Crippen molar-refractivity contribution in [2.75, 3.05) is 0 Å². The molecule has 1 nitrogen and oxygen atoms in total. The van der Waals surface area contributed by atoms with E-state index in [2.05, 4.69) is 6.92 Å². The van der Waals surface area contributed by atoms with Crippen LogP contribution in [0.4, 0.5) is 0 Å². The summed E-state index contributed by atoms with van der Waals surface area (Å²) in [6.45, 7) is 4.08. The first kappa shape index (κ1) is 8.61. The van der Waals surface area contributed by atoms with Crippen molar-refractivity contribution >= 4 is 0 Å². The summed E-state index contributed by atoms with van der Waals surface area (Å²) >= 11 is 0. The Balaban J connectivity index is 2.57. The molecule has 1 aromatic rings. The fourth-order valence-electron chi connectivity index (χ4n) is 1.23. The molecule has 1 aromatic carbocycles. The molecule has 72 valence electrons. The van der Waals surface area contributed by atoms with Crippen LogP contribution < -0.4 is 4.74 Å². The number of hydrogen-bond donors (Lipinski definition) is 0. The molecule has 0 aliphatic carbocycles. The largest absolute Gasteiger partial charge is 0.490 e. The molecule has 0 heterocycles. The van der Waals surface area contributed by atoms with E-state index in [-0.39, 0.29) is 12.5 Å². The lowest BCUT2D eigenvalue weighted by molar-refractivity contribution is 0.186. The summed E-state index contributed by atoms with van der Waals surface area (Å²) in [5.41, 5.74) is 0. The average molecular weight is 179 g/mol. The fraction of sp³-hybridized carbons (Fsp3) is 0.500. The number of ether oxygens (including phenoxy) is 1. The fourth-order valence-corrected chi connectivity index (χ4v) is 1.23. The van der Waals surface area contributed by atoms with Crippen LogP contribution in [0.25, 0.3) is 0 Å². The Labute approximate surface area is 82.1 Å². The highest BCUT2D eigenvalue weighted by Crippen LogP contribution is 2.14. The number of rotatable bonds is 5. The van der Waals surface area contributed by atoms with Crippen LogP contribution in [0.1, 0.15) is 34.5 Å². The van der Waals surface area contributed by atoms with Crippen LogP contribution in [0.3, 0.4) is 0 Å². The van der Waals surface area contributed by atoms with Crippen LogP contribution in [0.2, 0.25) is 0 Å². The molecule has 0 spiro atoms. The third kappa shape index (κ3) is 3.49. The topological polar surface area (TPSA) is 9.23 Å². The van der Waals surface area contributed by atoms with E-state index in [4.69, 9.17) is 6.11 Å². The van der Waals surface area contributed by atoms with E-state index in [1.54, 1.807) is 0 Å². The maximum Gasteiger partial charge on any atom is 0.119 e. The molecule has 0 amide bonds. The van der Waals surface area contributed by atoms with E-state index < -0.39 is 0 Å². The summed E-state index contributed by atoms with van der Waals surface area (Å²) in [4.78, 5) is 0. The summed E-state index contributed by atoms with van der Waals surface area (Å²) in [6, 6.07) is 9.74. The number of hydrogen-bond acceptors (Lipinski definition) is 1. The second kappa shape index (κ2) is 5.63. The lowest BCUT2D eigenvalue weighted by Gasteiger charge is -2.16. The maximum atomic E-state index is 7.80. The molecule has 1 rings (SSSR count). The van der Waals surface area contributed by atoms with E-state index >= 15 is 0 Å². The van der Waals surface area contributed by atoms with Crippen LogP contribution in [0.15, 0.2) is 30.3 Å². The zero-order valence-electron chi connectivity index (χ0n) is 9.36. The van der Waals surface area contributed by atoms with Gasteiger partial charge in [-0.15, -0.1) is 0 Å². The quantitative estimate of drug-likeness (QED) is 0.670. The average Bonchev–Trinajstić information content (AvgIpc) is 2.26. The van der Waals surface area contributed by atoms with Crippen molar-refractivity contribution in [3.63, 3.8) is 0 Å². The lowest BCUT2D eigenvalue weighted by atomic mass is 10.1. The van der Waals surface area contributed by atoms with Crippen LogP contribution in [-0.2, 0) is 0 Å². The maximum absolute atomic E-state index is 7.80. The summed E-state index contributed by atoms with van der Waals surface area (Å²) < 4.78 is 13.5. The molecule has 0 aliphatic heterocycles. The SMILES string of the molecule is [2H][C@@H](CC)[C@@H](CC)Oc1ccccc1. The zero-order chi connectivity index (χ0) is 10.4. The Kier molecular flexibility index (Phi) is 3.73. The van der Waals surface area contributed by atoms with Gasteiger partial charge < -0.3 is 4.74 Å². The second-order valence-corrected chi connectivity index (χ2v) is 3.02. The van der Waals surface area contributed by atoms with Gasteiger partial charge in [0.15, 0.2) is 0 Å². The Bertz CT molecular complexity index is 248. The molecule has 0 saturated heterocycles. The highest BCUT2D eigenvalue weighted by Gasteiger charge is 2.05. The van der Waals surface area contributed by atoms with Gasteiger partial charge in [0.25, 0.3) is 0 Å². The standard InChI is InChI=1S/C12H18O/c1-3-8-11(4-2)13-12-9-6-5-7-10-12/h5-7,9-11H,3-4,8H2,1-2H3/t11-/m1/s1/i8D/t8-,11+/m0. The zero-order valence-corrected chi connectivity index (χ0v) is 8.36. The molecular weight excluding hydrogens is 160 g/mol. The molecule has 0 saturated carbocycles. The van der Waals surface area contributed by atoms with Crippen molar-refractivity contribution < 1.29 is 6.11 Å². The van der Waals surface area contributed by atoms with Crippen molar-refractivity contribution in [3.05, 3.63) is 30.3 Å². The van der Waals surface area contributed by atoms with Gasteiger partial charge in [0.05, 0.1) is 6.10 Å². The van der Waals surface area contributed by atoms with Gasteiger partial charge in [-0.2, -0.15) is 0 Å². The van der Waals surface area contributed by atoms with Crippen molar-refractivity contribution in [2.24, 2.45) is 0 Å². The summed E-state index contributed by atoms with van der Waals surface area (Å²) in [5.74, 6) is 0.866. The van der Waals surface area contributed by atoms with E-state index in [0.717, 1.165) is 18.6 Å². The van der Waals surface area contributed by atoms with Gasteiger partial charge in [0.2, 0.25) is 0 Å². The lowest BCUT2D eigenvalue weighted by Crippen LogP contribution is -2.14. The molecule has 0 radical (unpaired) electrons. The van der Waals surface area contributed by atoms with Crippen LogP contribution in [0, 0.1) is 0 Å². The molecule has 0 aromatic heterocycles. The van der Waals surface area contributed by atoms with Crippen molar-refractivity contribution in [1.82, 2.24) is 0 Å². The second-order valence-electron chi connectivity index (χ2n) is 3.02. The Morgan fingerprint density at radius 1 is 1.31 bits per heavy atom. The van der Waals surface area contributed by atoms with Gasteiger partial charge in [-0.05, 0) is 25.0 Å². The predicted octanol–water partition coefficient (Wildman–Crippen LogP) is 3.64. The predicted molar refractivity (Wildman–Crippen MR) is 56.1 cm³/mol. The third-order valence-electron chi connectivity index (χ3n) is 1.93. The van der Waals surface area contributed by atoms with Crippen molar-refractivity contribution in [3.8, 4) is 5.75 Å². The van der Waals surface area contributed by atoms with Crippen molar-refractivity contribution in [2.45, 2.75) is 39.2 Å². The van der Waals surface area contributed by atoms with Gasteiger partial charge in [-0.3, -0.25) is 0 Å². The monoisotopic (exact) mass is 179 g/mol.